The molecule has 0 aromatic heterocycles. The topological polar surface area (TPSA) is 325 Å². The van der Waals surface area contributed by atoms with Crippen molar-refractivity contribution in [1.29, 1.82) is 0 Å². The summed E-state index contributed by atoms with van der Waals surface area (Å²) in [6, 6.07) is 35.1. The molecule has 26 nitrogen and oxygen atoms in total. The fraction of sp³-hybridized carbons (Fsp3) is 0.391. The van der Waals surface area contributed by atoms with Crippen molar-refractivity contribution in [2.75, 3.05) is 52.9 Å². The molecule has 0 bridgehead atoms. The Morgan fingerprint density at radius 1 is 0.271 bits per heavy atom. The highest BCUT2D eigenvalue weighted by Gasteiger charge is 2.35. The Labute approximate surface area is 687 Å². The summed E-state index contributed by atoms with van der Waals surface area (Å²) in [7, 11) is 0. The van der Waals surface area contributed by atoms with Gasteiger partial charge in [-0.25, -0.2) is 28.8 Å². The van der Waals surface area contributed by atoms with E-state index in [1.807, 2.05) is 0 Å². The molecule has 0 radical (unpaired) electrons. The van der Waals surface area contributed by atoms with Crippen LogP contribution in [0.1, 0.15) is 186 Å². The smallest absolute Gasteiger partial charge is 0.343 e. The van der Waals surface area contributed by atoms with Crippen molar-refractivity contribution in [3.63, 3.8) is 0 Å². The largest absolute Gasteiger partial charge is 0.494 e. The van der Waals surface area contributed by atoms with Crippen LogP contribution in [0.3, 0.4) is 0 Å². The molecule has 0 unspecified atom stereocenters. The highest BCUT2D eigenvalue weighted by Crippen LogP contribution is 2.36. The summed E-state index contributed by atoms with van der Waals surface area (Å²) in [5, 5.41) is 8.65. The summed E-state index contributed by atoms with van der Waals surface area (Å²) in [4.78, 5) is 128. The van der Waals surface area contributed by atoms with Crippen LogP contribution in [0.4, 0.5) is 0 Å². The third kappa shape index (κ3) is 33.4. The zero-order valence-electron chi connectivity index (χ0n) is 66.6. The third-order valence-electron chi connectivity index (χ3n) is 19.2. The quantitative estimate of drug-likeness (QED) is 0.00651. The number of carbonyl (C=O) groups is 10. The first-order valence-corrected chi connectivity index (χ1v) is 40.2. The maximum atomic E-state index is 14.2. The monoisotopic (exact) mass is 1620 g/mol. The molecule has 26 heteroatoms. The molecule has 6 aromatic carbocycles. The number of ether oxygens (including phenoxy) is 14. The molecular formula is C92H104N2O24. The number of hydrogen-bond acceptors (Lipinski definition) is 26. The molecule has 6 aromatic rings. The van der Waals surface area contributed by atoms with Crippen molar-refractivity contribution < 1.29 is 114 Å². The molecule has 0 heterocycles. The molecule has 0 amide bonds. The van der Waals surface area contributed by atoms with Gasteiger partial charge in [-0.2, -0.15) is 10.2 Å². The first-order chi connectivity index (χ1) is 57.4. The van der Waals surface area contributed by atoms with Gasteiger partial charge in [0.05, 0.1) is 100 Å². The van der Waals surface area contributed by atoms with Crippen LogP contribution in [0.15, 0.2) is 194 Å². The van der Waals surface area contributed by atoms with Gasteiger partial charge in [-0.1, -0.05) is 26.3 Å². The number of unbranched alkanes of at least 4 members (excludes halogenated alkanes) is 12. The predicted molar refractivity (Wildman–Crippen MR) is 438 cm³/mol. The second kappa shape index (κ2) is 51.5. The first kappa shape index (κ1) is 91.0. The van der Waals surface area contributed by atoms with Gasteiger partial charge in [0, 0.05) is 35.4 Å². The zero-order valence-corrected chi connectivity index (χ0v) is 66.6. The standard InChI is InChI=1S/C92H104N2O24/c1-5-83(95)109-57-21-13-9-17-53-105-73-37-33-69(34-38-73)90(102)116-80-50-52-82(118-92(104)70-35-39-74(40-36-70)106-54-18-10-14-22-58-110-84(96)6-2)72(62-80)64-94-93-63-71-61-79(115-89(101)67-27-25-65(26-28-67)87(99)113-77-45-41-75(42-46-77)107-55-19-11-15-23-59-111-85(97)7-3)49-51-81(71)117-91(103)68-31-29-66(30-32-68)88(100)114-78-47-43-76(44-48-78)108-56-20-12-16-24-60-112-86(98)8-4/h5-8,33-52,61-68H,1-4,9-32,53-60H2/b93-63+,94-64+/t65-,66-,67-,68-. The molecule has 0 spiro atoms. The van der Waals surface area contributed by atoms with Crippen LogP contribution in [0, 0.1) is 23.7 Å². The first-order valence-electron chi connectivity index (χ1n) is 40.2. The molecule has 626 valence electrons. The zero-order chi connectivity index (χ0) is 83.9. The Balaban J connectivity index is 0.925. The van der Waals surface area contributed by atoms with Crippen LogP contribution in [-0.2, 0) is 57.3 Å². The van der Waals surface area contributed by atoms with E-state index >= 15 is 0 Å². The van der Waals surface area contributed by atoms with E-state index in [0.29, 0.717) is 152 Å². The second-order valence-electron chi connectivity index (χ2n) is 28.0. The molecule has 8 rings (SSSR count). The van der Waals surface area contributed by atoms with E-state index in [0.717, 1.165) is 114 Å². The summed E-state index contributed by atoms with van der Waals surface area (Å²) in [5.41, 5.74) is 0.692. The fourth-order valence-electron chi connectivity index (χ4n) is 12.5. The van der Waals surface area contributed by atoms with Crippen LogP contribution >= 0.6 is 0 Å². The summed E-state index contributed by atoms with van der Waals surface area (Å²) >= 11 is 0. The lowest BCUT2D eigenvalue weighted by Gasteiger charge is -2.26. The van der Waals surface area contributed by atoms with E-state index in [-0.39, 0.29) is 45.3 Å². The number of esters is 10. The third-order valence-corrected chi connectivity index (χ3v) is 19.2. The number of rotatable bonds is 51. The van der Waals surface area contributed by atoms with Crippen molar-refractivity contribution in [3.05, 3.63) is 206 Å². The number of nitrogens with zero attached hydrogens (tertiary/aromatic N) is 2. The van der Waals surface area contributed by atoms with Crippen molar-refractivity contribution in [3.8, 4) is 57.5 Å². The number of benzene rings is 6. The van der Waals surface area contributed by atoms with E-state index in [4.69, 9.17) is 66.3 Å². The van der Waals surface area contributed by atoms with Crippen molar-refractivity contribution in [2.24, 2.45) is 33.9 Å². The predicted octanol–water partition coefficient (Wildman–Crippen LogP) is 16.9. The maximum Gasteiger partial charge on any atom is 0.343 e. The van der Waals surface area contributed by atoms with Gasteiger partial charge in [0.1, 0.15) is 57.5 Å². The molecule has 0 aliphatic heterocycles. The normalized spacial score (nSPS) is 14.9. The van der Waals surface area contributed by atoms with E-state index in [2.05, 4.69) is 36.5 Å². The van der Waals surface area contributed by atoms with E-state index in [1.165, 1.54) is 48.8 Å². The average molecular weight is 1620 g/mol. The summed E-state index contributed by atoms with van der Waals surface area (Å²) in [6.45, 7) is 16.7. The summed E-state index contributed by atoms with van der Waals surface area (Å²) < 4.78 is 79.0. The lowest BCUT2D eigenvalue weighted by molar-refractivity contribution is -0.145. The molecular weight excluding hydrogens is 1520 g/mol. The highest BCUT2D eigenvalue weighted by molar-refractivity contribution is 5.95. The van der Waals surface area contributed by atoms with Gasteiger partial charge in [0.25, 0.3) is 0 Å². The molecule has 2 fully saturated rings. The van der Waals surface area contributed by atoms with Gasteiger partial charge in [0.2, 0.25) is 0 Å². The van der Waals surface area contributed by atoms with E-state index < -0.39 is 83.4 Å². The second-order valence-corrected chi connectivity index (χ2v) is 28.0. The lowest BCUT2D eigenvalue weighted by atomic mass is 9.82. The molecule has 0 N–H and O–H groups in total. The van der Waals surface area contributed by atoms with E-state index in [9.17, 15) is 47.9 Å². The van der Waals surface area contributed by atoms with Crippen LogP contribution in [0.25, 0.3) is 0 Å². The Kier molecular flexibility index (Phi) is 39.7. The van der Waals surface area contributed by atoms with Crippen LogP contribution in [0.2, 0.25) is 0 Å². The fourth-order valence-corrected chi connectivity index (χ4v) is 12.5. The van der Waals surface area contributed by atoms with Crippen molar-refractivity contribution in [2.45, 2.75) is 154 Å². The van der Waals surface area contributed by atoms with Gasteiger partial charge in [0.15, 0.2) is 0 Å². The minimum Gasteiger partial charge on any atom is -0.494 e. The van der Waals surface area contributed by atoms with Crippen molar-refractivity contribution >= 4 is 72.1 Å². The SMILES string of the molecule is C=CC(=O)OCCCCCCOc1ccc(OC(=O)[C@H]2CC[C@H](C(=O)Oc3ccc(OC(=O)[C@H]4CC[C@H](C(=O)Oc5ccc(OCCCCCCOC(=O)C=C)cc5)CC4)c(/C=N/N=C/c4cc(OC(=O)c5ccc(OCCCCCCOC(=O)C=C)cc5)ccc4OC(=O)c4ccc(OCCCCCCOC(=O)C=C)cc4)c3)CC2)cc1. The van der Waals surface area contributed by atoms with Crippen LogP contribution < -0.4 is 47.4 Å². The van der Waals surface area contributed by atoms with Crippen LogP contribution in [0.5, 0.6) is 57.5 Å². The van der Waals surface area contributed by atoms with Crippen LogP contribution in [-0.4, -0.2) is 125 Å². The van der Waals surface area contributed by atoms with Gasteiger partial charge in [-0.05, 0) is 288 Å². The average Bonchev–Trinajstić information content (AvgIpc) is 0.828. The molecule has 118 heavy (non-hydrogen) atoms. The van der Waals surface area contributed by atoms with Gasteiger partial charge in [-0.3, -0.25) is 19.2 Å². The van der Waals surface area contributed by atoms with Gasteiger partial charge in [-0.15, -0.1) is 0 Å². The minimum atomic E-state index is -0.744. The van der Waals surface area contributed by atoms with Gasteiger partial charge < -0.3 is 66.3 Å². The molecule has 2 saturated carbocycles. The highest BCUT2D eigenvalue weighted by atomic mass is 16.6. The Bertz CT molecular complexity index is 4340. The molecule has 2 aliphatic rings. The Morgan fingerprint density at radius 2 is 0.508 bits per heavy atom. The number of carbonyl (C=O) groups excluding carboxylic acids is 10. The molecule has 0 atom stereocenters. The summed E-state index contributed by atoms with van der Waals surface area (Å²) in [5.74, 6) is -4.19. The Morgan fingerprint density at radius 3 is 0.814 bits per heavy atom. The number of hydrogen-bond donors (Lipinski definition) is 0. The molecule has 0 saturated heterocycles. The van der Waals surface area contributed by atoms with Crippen molar-refractivity contribution in [1.82, 2.24) is 0 Å². The summed E-state index contributed by atoms with van der Waals surface area (Å²) in [6.07, 6.45) is 22.7. The van der Waals surface area contributed by atoms with Gasteiger partial charge >= 0.3 is 59.7 Å². The molecule has 2 aliphatic carbocycles. The maximum absolute atomic E-state index is 14.2. The Hall–Kier alpha value is -12.5. The lowest BCUT2D eigenvalue weighted by Crippen LogP contribution is -2.30. The minimum absolute atomic E-state index is 0.000328. The van der Waals surface area contributed by atoms with E-state index in [1.54, 1.807) is 97.1 Å².